The van der Waals surface area contributed by atoms with E-state index in [9.17, 15) is 0 Å². The Morgan fingerprint density at radius 2 is 1.48 bits per heavy atom. The molecule has 0 aliphatic heterocycles. The van der Waals surface area contributed by atoms with E-state index in [1.807, 2.05) is 89.2 Å². The first-order valence-corrected chi connectivity index (χ1v) is 9.20. The third-order valence-electron chi connectivity index (χ3n) is 3.21. The maximum Gasteiger partial charge on any atom is 0.241 e. The first-order valence-electron chi connectivity index (χ1n) is 8.82. The van der Waals surface area contributed by atoms with Gasteiger partial charge in [0.25, 0.3) is 0 Å². The first-order chi connectivity index (χ1) is 12.3. The lowest BCUT2D eigenvalue weighted by Crippen LogP contribution is -1.93. The third-order valence-corrected chi connectivity index (χ3v) is 3.46. The Balaban J connectivity index is 0.000000730. The van der Waals surface area contributed by atoms with Crippen LogP contribution in [0.2, 0.25) is 5.02 Å². The summed E-state index contributed by atoms with van der Waals surface area (Å²) in [6.07, 6.45) is 0. The lowest BCUT2D eigenvalue weighted by atomic mass is 10.0. The van der Waals surface area contributed by atoms with Gasteiger partial charge in [-0.25, -0.2) is 0 Å². The van der Waals surface area contributed by atoms with E-state index in [0.29, 0.717) is 17.5 Å². The van der Waals surface area contributed by atoms with Gasteiger partial charge < -0.3 is 4.74 Å². The van der Waals surface area contributed by atoms with Crippen molar-refractivity contribution in [3.8, 4) is 28.3 Å². The summed E-state index contributed by atoms with van der Waals surface area (Å²) in [4.78, 5) is 0. The first kappa shape index (κ1) is 20.8. The molecule has 0 radical (unpaired) electrons. The lowest BCUT2D eigenvalue weighted by Gasteiger charge is -2.07. The number of aromatic amines is 1. The maximum absolute atomic E-state index is 5.98. The second-order valence-corrected chi connectivity index (χ2v) is 5.02. The van der Waals surface area contributed by atoms with E-state index in [0.717, 1.165) is 22.4 Å². The molecule has 25 heavy (non-hydrogen) atoms. The summed E-state index contributed by atoms with van der Waals surface area (Å²) in [6.45, 7) is 10.5. The van der Waals surface area contributed by atoms with Gasteiger partial charge in [-0.3, -0.25) is 5.10 Å². The Morgan fingerprint density at radius 3 is 2.04 bits per heavy atom. The zero-order chi connectivity index (χ0) is 18.7. The summed E-state index contributed by atoms with van der Waals surface area (Å²) in [7, 11) is 0. The fourth-order valence-electron chi connectivity index (χ4n) is 2.26. The van der Waals surface area contributed by atoms with Gasteiger partial charge in [-0.05, 0) is 24.6 Å². The molecule has 0 saturated carbocycles. The summed E-state index contributed by atoms with van der Waals surface area (Å²) in [5.74, 6) is 0.610. The van der Waals surface area contributed by atoms with Crippen LogP contribution in [0.15, 0.2) is 54.6 Å². The Bertz CT molecular complexity index is 721. The van der Waals surface area contributed by atoms with Crippen LogP contribution in [0.4, 0.5) is 0 Å². The van der Waals surface area contributed by atoms with Crippen molar-refractivity contribution in [1.29, 1.82) is 0 Å². The summed E-state index contributed by atoms with van der Waals surface area (Å²) in [6, 6.07) is 17.8. The van der Waals surface area contributed by atoms with Gasteiger partial charge in [0.1, 0.15) is 0 Å². The van der Waals surface area contributed by atoms with Crippen molar-refractivity contribution in [3.63, 3.8) is 0 Å². The molecule has 0 fully saturated rings. The monoisotopic (exact) mass is 358 g/mol. The topological polar surface area (TPSA) is 37.9 Å². The molecule has 0 bridgehead atoms. The molecule has 0 atom stereocenters. The predicted molar refractivity (Wildman–Crippen MR) is 108 cm³/mol. The van der Waals surface area contributed by atoms with Gasteiger partial charge in [0.05, 0.1) is 17.9 Å². The van der Waals surface area contributed by atoms with Crippen molar-refractivity contribution in [2.45, 2.75) is 34.6 Å². The average Bonchev–Trinajstić information content (AvgIpc) is 3.10. The number of halogens is 1. The molecule has 1 heterocycles. The number of H-pyrrole nitrogens is 1. The molecule has 0 saturated heterocycles. The van der Waals surface area contributed by atoms with E-state index in [1.165, 1.54) is 0 Å². The Kier molecular flexibility index (Phi) is 9.41. The van der Waals surface area contributed by atoms with Gasteiger partial charge in [-0.15, -0.1) is 5.10 Å². The minimum atomic E-state index is 0.569. The fourth-order valence-corrected chi connectivity index (χ4v) is 2.39. The molecule has 3 aromatic rings. The molecule has 2 aromatic carbocycles. The molecule has 0 unspecified atom stereocenters. The number of ether oxygens (including phenoxy) is 1. The summed E-state index contributed by atoms with van der Waals surface area (Å²) in [5, 5.41) is 8.09. The largest absolute Gasteiger partial charge is 0.476 e. The van der Waals surface area contributed by atoms with Gasteiger partial charge in [0.15, 0.2) is 0 Å². The van der Waals surface area contributed by atoms with E-state index in [4.69, 9.17) is 16.3 Å². The molecular formula is C21H27ClN2O. The van der Waals surface area contributed by atoms with Crippen LogP contribution < -0.4 is 4.74 Å². The van der Waals surface area contributed by atoms with Gasteiger partial charge >= 0.3 is 0 Å². The van der Waals surface area contributed by atoms with Gasteiger partial charge in [0.2, 0.25) is 5.88 Å². The van der Waals surface area contributed by atoms with Crippen LogP contribution in [0.1, 0.15) is 34.6 Å². The molecule has 0 amide bonds. The van der Waals surface area contributed by atoms with Gasteiger partial charge in [-0.2, -0.15) is 0 Å². The van der Waals surface area contributed by atoms with Crippen LogP contribution in [-0.4, -0.2) is 16.8 Å². The van der Waals surface area contributed by atoms with Gasteiger partial charge in [0, 0.05) is 10.6 Å². The number of rotatable bonds is 4. The van der Waals surface area contributed by atoms with Crippen molar-refractivity contribution in [3.05, 3.63) is 59.6 Å². The number of nitrogens with zero attached hydrogens (tertiary/aromatic N) is 1. The highest BCUT2D eigenvalue weighted by Gasteiger charge is 2.17. The summed E-state index contributed by atoms with van der Waals surface area (Å²) < 4.78 is 5.65. The van der Waals surface area contributed by atoms with E-state index in [1.54, 1.807) is 0 Å². The molecule has 3 rings (SSSR count). The highest BCUT2D eigenvalue weighted by Crippen LogP contribution is 2.37. The van der Waals surface area contributed by atoms with Crippen molar-refractivity contribution in [1.82, 2.24) is 10.2 Å². The molecule has 0 spiro atoms. The average molecular weight is 359 g/mol. The zero-order valence-electron chi connectivity index (χ0n) is 15.6. The van der Waals surface area contributed by atoms with E-state index in [2.05, 4.69) is 10.2 Å². The Hall–Kier alpha value is -2.26. The number of hydrogen-bond acceptors (Lipinski definition) is 2. The molecule has 3 nitrogen and oxygen atoms in total. The lowest BCUT2D eigenvalue weighted by molar-refractivity contribution is 0.327. The van der Waals surface area contributed by atoms with Crippen LogP contribution >= 0.6 is 11.6 Å². The normalized spacial score (nSPS) is 9.36. The molecule has 0 aliphatic rings. The summed E-state index contributed by atoms with van der Waals surface area (Å²) >= 11 is 5.98. The van der Waals surface area contributed by atoms with Crippen molar-refractivity contribution < 1.29 is 4.74 Å². The second kappa shape index (κ2) is 11.3. The standard InChI is InChI=1S/C17H15ClN2O.2C2H6/c1-2-21-17-15(12-8-10-14(18)11-9-12)16(19-20-17)13-6-4-3-5-7-13;2*1-2/h3-11H,2H2,1H3,(H,19,20);2*1-2H3. The maximum atomic E-state index is 5.98. The number of hydrogen-bond donors (Lipinski definition) is 1. The summed E-state index contributed by atoms with van der Waals surface area (Å²) in [5.41, 5.74) is 4.00. The quantitative estimate of drug-likeness (QED) is 0.553. The SMILES string of the molecule is CC.CC.CCOc1n[nH]c(-c2ccccc2)c1-c1ccc(Cl)cc1. The molecule has 134 valence electrons. The molecule has 1 N–H and O–H groups in total. The smallest absolute Gasteiger partial charge is 0.241 e. The van der Waals surface area contributed by atoms with Crippen molar-refractivity contribution in [2.75, 3.05) is 6.61 Å². The number of benzene rings is 2. The third kappa shape index (κ3) is 5.36. The highest BCUT2D eigenvalue weighted by molar-refractivity contribution is 6.30. The van der Waals surface area contributed by atoms with Crippen LogP contribution in [0.5, 0.6) is 5.88 Å². The minimum Gasteiger partial charge on any atom is -0.476 e. The number of aromatic nitrogens is 2. The fraction of sp³-hybridized carbons (Fsp3) is 0.286. The minimum absolute atomic E-state index is 0.569. The van der Waals surface area contributed by atoms with Crippen LogP contribution in [-0.2, 0) is 0 Å². The van der Waals surface area contributed by atoms with Gasteiger partial charge in [-0.1, -0.05) is 81.8 Å². The zero-order valence-corrected chi connectivity index (χ0v) is 16.4. The predicted octanol–water partition coefficient (Wildman–Crippen LogP) is 6.85. The van der Waals surface area contributed by atoms with Crippen molar-refractivity contribution in [2.24, 2.45) is 0 Å². The van der Waals surface area contributed by atoms with E-state index in [-0.39, 0.29) is 0 Å². The Labute approximate surface area is 156 Å². The van der Waals surface area contributed by atoms with Crippen LogP contribution in [0.3, 0.4) is 0 Å². The highest BCUT2D eigenvalue weighted by atomic mass is 35.5. The number of nitrogens with one attached hydrogen (secondary N) is 1. The van der Waals surface area contributed by atoms with Crippen molar-refractivity contribution >= 4 is 11.6 Å². The van der Waals surface area contributed by atoms with E-state index < -0.39 is 0 Å². The second-order valence-electron chi connectivity index (χ2n) is 4.58. The molecule has 1 aromatic heterocycles. The Morgan fingerprint density at radius 1 is 0.880 bits per heavy atom. The molecule has 4 heteroatoms. The van der Waals surface area contributed by atoms with Crippen LogP contribution in [0.25, 0.3) is 22.4 Å². The van der Waals surface area contributed by atoms with Crippen LogP contribution in [0, 0.1) is 0 Å². The van der Waals surface area contributed by atoms with E-state index >= 15 is 0 Å². The molecule has 0 aliphatic carbocycles. The molecular weight excluding hydrogens is 332 g/mol.